The van der Waals surface area contributed by atoms with E-state index in [0.29, 0.717) is 5.82 Å². The number of hydrogen-bond acceptors (Lipinski definition) is 4. The highest BCUT2D eigenvalue weighted by Gasteiger charge is 2.13. The first-order valence-corrected chi connectivity index (χ1v) is 8.09. The van der Waals surface area contributed by atoms with Crippen molar-refractivity contribution >= 4 is 11.0 Å². The summed E-state index contributed by atoms with van der Waals surface area (Å²) < 4.78 is 5.33. The van der Waals surface area contributed by atoms with Crippen molar-refractivity contribution in [1.29, 1.82) is 0 Å². The number of ether oxygens (including phenoxy) is 1. The molecule has 0 aliphatic heterocycles. The zero-order chi connectivity index (χ0) is 17.2. The molecule has 0 fully saturated rings. The first-order chi connectivity index (χ1) is 12.2. The number of fused-ring (bicyclic) bond motifs is 1. The lowest BCUT2D eigenvalue weighted by Gasteiger charge is -2.10. The van der Waals surface area contributed by atoms with Crippen LogP contribution >= 0.6 is 0 Å². The predicted molar refractivity (Wildman–Crippen MR) is 99.5 cm³/mol. The van der Waals surface area contributed by atoms with Gasteiger partial charge in [-0.05, 0) is 30.7 Å². The Morgan fingerprint density at radius 1 is 0.840 bits per heavy atom. The van der Waals surface area contributed by atoms with Gasteiger partial charge in [0.05, 0.1) is 12.6 Å². The van der Waals surface area contributed by atoms with Gasteiger partial charge in [-0.2, -0.15) is 0 Å². The molecule has 0 bridgehead atoms. The molecule has 4 nitrogen and oxygen atoms in total. The molecule has 0 N–H and O–H groups in total. The SMILES string of the molecule is COc1cccc(-c2nc(-c3ccccc3)c3ncc(C)cc3n2)c1. The van der Waals surface area contributed by atoms with Gasteiger partial charge in [-0.3, -0.25) is 4.98 Å². The summed E-state index contributed by atoms with van der Waals surface area (Å²) in [4.78, 5) is 14.1. The van der Waals surface area contributed by atoms with Crippen LogP contribution in [0.15, 0.2) is 66.9 Å². The van der Waals surface area contributed by atoms with E-state index in [-0.39, 0.29) is 0 Å². The molecule has 0 saturated carbocycles. The van der Waals surface area contributed by atoms with Crippen molar-refractivity contribution in [2.75, 3.05) is 7.11 Å². The van der Waals surface area contributed by atoms with Crippen LogP contribution in [0.25, 0.3) is 33.7 Å². The number of pyridine rings is 1. The maximum Gasteiger partial charge on any atom is 0.160 e. The van der Waals surface area contributed by atoms with Gasteiger partial charge in [-0.1, -0.05) is 42.5 Å². The van der Waals surface area contributed by atoms with E-state index < -0.39 is 0 Å². The average Bonchev–Trinajstić information content (AvgIpc) is 2.67. The molecule has 4 aromatic rings. The third kappa shape index (κ3) is 2.94. The van der Waals surface area contributed by atoms with E-state index in [4.69, 9.17) is 14.7 Å². The molecule has 0 saturated heterocycles. The van der Waals surface area contributed by atoms with Gasteiger partial charge in [0.1, 0.15) is 17.0 Å². The number of nitrogens with zero attached hydrogens (tertiary/aromatic N) is 3. The van der Waals surface area contributed by atoms with Crippen LogP contribution in [0.5, 0.6) is 5.75 Å². The van der Waals surface area contributed by atoms with Crippen LogP contribution in [-0.4, -0.2) is 22.1 Å². The molecule has 0 aliphatic rings. The largest absolute Gasteiger partial charge is 0.497 e. The third-order valence-corrected chi connectivity index (χ3v) is 4.05. The Morgan fingerprint density at radius 2 is 1.64 bits per heavy atom. The van der Waals surface area contributed by atoms with Crippen molar-refractivity contribution in [1.82, 2.24) is 15.0 Å². The van der Waals surface area contributed by atoms with Crippen molar-refractivity contribution in [2.45, 2.75) is 6.92 Å². The molecule has 2 aromatic heterocycles. The number of rotatable bonds is 3. The molecule has 2 heterocycles. The summed E-state index contributed by atoms with van der Waals surface area (Å²) in [6, 6.07) is 19.9. The summed E-state index contributed by atoms with van der Waals surface area (Å²) in [6.45, 7) is 2.02. The molecule has 0 amide bonds. The fourth-order valence-corrected chi connectivity index (χ4v) is 2.81. The van der Waals surface area contributed by atoms with E-state index in [1.807, 2.05) is 73.8 Å². The molecule has 25 heavy (non-hydrogen) atoms. The van der Waals surface area contributed by atoms with Crippen LogP contribution < -0.4 is 4.74 Å². The highest BCUT2D eigenvalue weighted by atomic mass is 16.5. The molecule has 122 valence electrons. The highest BCUT2D eigenvalue weighted by Crippen LogP contribution is 2.29. The maximum absolute atomic E-state index is 5.33. The number of hydrogen-bond donors (Lipinski definition) is 0. The van der Waals surface area contributed by atoms with Gasteiger partial charge < -0.3 is 4.74 Å². The quantitative estimate of drug-likeness (QED) is 0.548. The Kier molecular flexibility index (Phi) is 3.86. The van der Waals surface area contributed by atoms with Crippen LogP contribution in [0.4, 0.5) is 0 Å². The van der Waals surface area contributed by atoms with E-state index in [1.54, 1.807) is 7.11 Å². The van der Waals surface area contributed by atoms with Crippen LogP contribution in [0, 0.1) is 6.92 Å². The van der Waals surface area contributed by atoms with Gasteiger partial charge in [0, 0.05) is 17.3 Å². The smallest absolute Gasteiger partial charge is 0.160 e. The van der Waals surface area contributed by atoms with Crippen molar-refractivity contribution in [3.8, 4) is 28.4 Å². The Morgan fingerprint density at radius 3 is 2.44 bits per heavy atom. The monoisotopic (exact) mass is 327 g/mol. The molecule has 0 atom stereocenters. The van der Waals surface area contributed by atoms with Crippen molar-refractivity contribution < 1.29 is 4.74 Å². The van der Waals surface area contributed by atoms with Gasteiger partial charge in [-0.25, -0.2) is 9.97 Å². The summed E-state index contributed by atoms with van der Waals surface area (Å²) in [7, 11) is 1.66. The van der Waals surface area contributed by atoms with E-state index >= 15 is 0 Å². The van der Waals surface area contributed by atoms with E-state index in [9.17, 15) is 0 Å². The summed E-state index contributed by atoms with van der Waals surface area (Å²) in [5.74, 6) is 1.45. The van der Waals surface area contributed by atoms with Gasteiger partial charge in [-0.15, -0.1) is 0 Å². The summed E-state index contributed by atoms with van der Waals surface area (Å²) in [5, 5.41) is 0. The molecule has 0 unspecified atom stereocenters. The van der Waals surface area contributed by atoms with Gasteiger partial charge >= 0.3 is 0 Å². The molecule has 4 rings (SSSR count). The normalized spacial score (nSPS) is 10.8. The lowest BCUT2D eigenvalue weighted by atomic mass is 10.1. The van der Waals surface area contributed by atoms with E-state index in [1.165, 1.54) is 0 Å². The zero-order valence-corrected chi connectivity index (χ0v) is 14.1. The zero-order valence-electron chi connectivity index (χ0n) is 14.1. The van der Waals surface area contributed by atoms with Gasteiger partial charge in [0.2, 0.25) is 0 Å². The minimum atomic E-state index is 0.664. The lowest BCUT2D eigenvalue weighted by Crippen LogP contribution is -1.97. The van der Waals surface area contributed by atoms with Gasteiger partial charge in [0.15, 0.2) is 5.82 Å². The van der Waals surface area contributed by atoms with Crippen molar-refractivity contribution in [2.24, 2.45) is 0 Å². The standard InChI is InChI=1S/C21H17N3O/c1-14-11-18-20(22-13-14)19(15-7-4-3-5-8-15)24-21(23-18)16-9-6-10-17(12-16)25-2/h3-13H,1-2H3. The highest BCUT2D eigenvalue weighted by molar-refractivity contribution is 5.90. The van der Waals surface area contributed by atoms with Crippen LogP contribution in [0.3, 0.4) is 0 Å². The molecule has 0 spiro atoms. The number of methoxy groups -OCH3 is 1. The Labute approximate surface area is 146 Å². The summed E-state index contributed by atoms with van der Waals surface area (Å²) in [5.41, 5.74) is 5.50. The predicted octanol–water partition coefficient (Wildman–Crippen LogP) is 4.68. The number of benzene rings is 2. The van der Waals surface area contributed by atoms with Crippen LogP contribution in [0.2, 0.25) is 0 Å². The molecule has 2 aromatic carbocycles. The van der Waals surface area contributed by atoms with Crippen molar-refractivity contribution in [3.05, 3.63) is 72.4 Å². The van der Waals surface area contributed by atoms with Gasteiger partial charge in [0.25, 0.3) is 0 Å². The summed E-state index contributed by atoms with van der Waals surface area (Å²) in [6.07, 6.45) is 1.85. The van der Waals surface area contributed by atoms with E-state index in [0.717, 1.165) is 39.2 Å². The van der Waals surface area contributed by atoms with E-state index in [2.05, 4.69) is 4.98 Å². The Balaban J connectivity index is 2.00. The molecule has 0 radical (unpaired) electrons. The van der Waals surface area contributed by atoms with Crippen LogP contribution in [0.1, 0.15) is 5.56 Å². The minimum Gasteiger partial charge on any atom is -0.497 e. The maximum atomic E-state index is 5.33. The molecular formula is C21H17N3O. The molecule has 0 aliphatic carbocycles. The Hall–Kier alpha value is -3.27. The third-order valence-electron chi connectivity index (χ3n) is 4.05. The second kappa shape index (κ2) is 6.32. The number of aromatic nitrogens is 3. The first-order valence-electron chi connectivity index (χ1n) is 8.09. The topological polar surface area (TPSA) is 47.9 Å². The second-order valence-corrected chi connectivity index (χ2v) is 5.87. The fourth-order valence-electron chi connectivity index (χ4n) is 2.81. The fraction of sp³-hybridized carbons (Fsp3) is 0.0952. The molecular weight excluding hydrogens is 310 g/mol. The summed E-state index contributed by atoms with van der Waals surface area (Å²) >= 11 is 0. The van der Waals surface area contributed by atoms with Crippen LogP contribution in [-0.2, 0) is 0 Å². The number of aryl methyl sites for hydroxylation is 1. The molecule has 4 heteroatoms. The first kappa shape index (κ1) is 15.3. The Bertz CT molecular complexity index is 1050. The van der Waals surface area contributed by atoms with Crippen molar-refractivity contribution in [3.63, 3.8) is 0 Å². The second-order valence-electron chi connectivity index (χ2n) is 5.87. The lowest BCUT2D eigenvalue weighted by molar-refractivity contribution is 0.415. The average molecular weight is 327 g/mol. The minimum absolute atomic E-state index is 0.664.